The Morgan fingerprint density at radius 1 is 1.15 bits per heavy atom. The predicted molar refractivity (Wildman–Crippen MR) is 116 cm³/mol. The Morgan fingerprint density at radius 2 is 1.88 bits per heavy atom. The molecule has 1 aliphatic rings. The molecule has 34 heavy (non-hydrogen) atoms. The molecule has 3 heterocycles. The number of rotatable bonds is 3. The lowest BCUT2D eigenvalue weighted by Gasteiger charge is -2.32. The average molecular weight is 477 g/mol. The molecule has 0 radical (unpaired) electrons. The molecule has 0 aliphatic carbocycles. The highest BCUT2D eigenvalue weighted by molar-refractivity contribution is 6.10. The Labute approximate surface area is 190 Å². The maximum absolute atomic E-state index is 14.1. The molecule has 0 saturated carbocycles. The third-order valence-corrected chi connectivity index (χ3v) is 6.05. The van der Waals surface area contributed by atoms with Gasteiger partial charge in [0.25, 0.3) is 11.8 Å². The van der Waals surface area contributed by atoms with Gasteiger partial charge in [0.1, 0.15) is 0 Å². The summed E-state index contributed by atoms with van der Waals surface area (Å²) in [4.78, 5) is 12.8. The van der Waals surface area contributed by atoms with E-state index in [1.54, 1.807) is 34.6 Å². The van der Waals surface area contributed by atoms with Crippen molar-refractivity contribution in [2.24, 2.45) is 7.05 Å². The van der Waals surface area contributed by atoms with E-state index in [4.69, 9.17) is 0 Å². The van der Waals surface area contributed by atoms with E-state index in [1.165, 1.54) is 18.2 Å². The van der Waals surface area contributed by atoms with E-state index in [9.17, 15) is 26.7 Å². The van der Waals surface area contributed by atoms with Crippen LogP contribution in [0.2, 0.25) is 0 Å². The first-order chi connectivity index (χ1) is 16.0. The van der Waals surface area contributed by atoms with Gasteiger partial charge in [0, 0.05) is 35.3 Å². The molecule has 1 unspecified atom stereocenters. The summed E-state index contributed by atoms with van der Waals surface area (Å²) >= 11 is 0. The number of carbonyl (C=O) groups excluding carboxylic acids is 1. The minimum absolute atomic E-state index is 0.109. The van der Waals surface area contributed by atoms with Crippen molar-refractivity contribution in [2.75, 3.05) is 13.1 Å². The molecule has 1 saturated heterocycles. The van der Waals surface area contributed by atoms with Crippen molar-refractivity contribution in [3.63, 3.8) is 0 Å². The van der Waals surface area contributed by atoms with E-state index in [2.05, 4.69) is 15.7 Å². The molecular formula is C23H20F5N5O. The Bertz CT molecular complexity index is 1390. The number of halogens is 5. The number of nitrogens with one attached hydrogen (secondary N) is 2. The molecule has 1 atom stereocenters. The summed E-state index contributed by atoms with van der Waals surface area (Å²) in [6.07, 6.45) is -2.61. The normalized spacial score (nSPS) is 18.5. The van der Waals surface area contributed by atoms with Crippen molar-refractivity contribution in [3.8, 4) is 5.69 Å². The van der Waals surface area contributed by atoms with E-state index < -0.39 is 36.2 Å². The predicted octanol–water partition coefficient (Wildman–Crippen LogP) is 4.26. The van der Waals surface area contributed by atoms with Crippen LogP contribution in [0.5, 0.6) is 0 Å². The number of hydrogen-bond donors (Lipinski definition) is 2. The lowest BCUT2D eigenvalue weighted by atomic mass is 10.0. The highest BCUT2D eigenvalue weighted by atomic mass is 19.4. The molecule has 2 aromatic carbocycles. The fourth-order valence-electron chi connectivity index (χ4n) is 4.35. The van der Waals surface area contributed by atoms with Crippen molar-refractivity contribution < 1.29 is 26.7 Å². The smallest absolute Gasteiger partial charge is 0.343 e. The Balaban J connectivity index is 1.56. The van der Waals surface area contributed by atoms with Gasteiger partial charge in [-0.1, -0.05) is 0 Å². The van der Waals surface area contributed by atoms with E-state index >= 15 is 0 Å². The van der Waals surface area contributed by atoms with E-state index in [-0.39, 0.29) is 12.0 Å². The summed E-state index contributed by atoms with van der Waals surface area (Å²) in [5.41, 5.74) is 1.04. The quantitative estimate of drug-likeness (QED) is 0.434. The first-order valence-corrected chi connectivity index (χ1v) is 10.6. The van der Waals surface area contributed by atoms with E-state index in [1.807, 2.05) is 0 Å². The second-order valence-corrected chi connectivity index (χ2v) is 8.40. The van der Waals surface area contributed by atoms with Gasteiger partial charge in [-0.3, -0.25) is 14.0 Å². The van der Waals surface area contributed by atoms with Gasteiger partial charge in [0.15, 0.2) is 5.65 Å². The van der Waals surface area contributed by atoms with Gasteiger partial charge in [-0.2, -0.15) is 18.3 Å². The zero-order chi connectivity index (χ0) is 24.3. The summed E-state index contributed by atoms with van der Waals surface area (Å²) in [6, 6.07) is 8.18. The van der Waals surface area contributed by atoms with E-state index in [0.29, 0.717) is 34.2 Å². The minimum Gasteiger partial charge on any atom is -0.343 e. The first-order valence-electron chi connectivity index (χ1n) is 10.6. The van der Waals surface area contributed by atoms with Crippen LogP contribution in [-0.4, -0.2) is 45.3 Å². The number of aryl methyl sites for hydroxylation is 1. The highest BCUT2D eigenvalue weighted by Crippen LogP contribution is 2.34. The number of aromatic nitrogens is 3. The van der Waals surface area contributed by atoms with Gasteiger partial charge in [0.05, 0.1) is 23.7 Å². The summed E-state index contributed by atoms with van der Waals surface area (Å²) in [5.74, 6) is -3.67. The molecule has 5 rings (SSSR count). The van der Waals surface area contributed by atoms with Crippen LogP contribution in [0.1, 0.15) is 22.3 Å². The monoisotopic (exact) mass is 477 g/mol. The molecule has 4 aromatic rings. The molecule has 178 valence electrons. The zero-order valence-electron chi connectivity index (χ0n) is 18.0. The Morgan fingerprint density at radius 3 is 2.56 bits per heavy atom. The highest BCUT2D eigenvalue weighted by Gasteiger charge is 2.42. The molecule has 1 fully saturated rings. The minimum atomic E-state index is -4.45. The number of nitrogens with zero attached hydrogens (tertiary/aromatic N) is 3. The lowest BCUT2D eigenvalue weighted by Crippen LogP contribution is -2.57. The van der Waals surface area contributed by atoms with Gasteiger partial charge < -0.3 is 10.6 Å². The van der Waals surface area contributed by atoms with E-state index in [0.717, 1.165) is 12.1 Å². The van der Waals surface area contributed by atoms with Gasteiger partial charge in [-0.05, 0) is 55.4 Å². The SMILES string of the molecule is Cn1cc2c3cc(C(=O)NC4CCNCC4(F)F)ccc3n(-c3ccc(C(F)(F)F)cc3)c2n1. The fraction of sp³-hybridized carbons (Fsp3) is 0.304. The van der Waals surface area contributed by atoms with Crippen molar-refractivity contribution in [3.05, 3.63) is 59.8 Å². The first kappa shape index (κ1) is 22.3. The fourth-order valence-corrected chi connectivity index (χ4v) is 4.35. The number of fused-ring (bicyclic) bond motifs is 3. The topological polar surface area (TPSA) is 63.9 Å². The second-order valence-electron chi connectivity index (χ2n) is 8.40. The van der Waals surface area contributed by atoms with Crippen LogP contribution in [0, 0.1) is 0 Å². The molecule has 0 bridgehead atoms. The third kappa shape index (κ3) is 3.79. The van der Waals surface area contributed by atoms with Gasteiger partial charge in [-0.15, -0.1) is 0 Å². The third-order valence-electron chi connectivity index (χ3n) is 6.05. The van der Waals surface area contributed by atoms with Crippen molar-refractivity contribution >= 4 is 27.8 Å². The van der Waals surface area contributed by atoms with Crippen LogP contribution in [0.4, 0.5) is 22.0 Å². The van der Waals surface area contributed by atoms with Crippen LogP contribution < -0.4 is 10.6 Å². The van der Waals surface area contributed by atoms with Gasteiger partial charge >= 0.3 is 6.18 Å². The Hall–Kier alpha value is -3.47. The zero-order valence-corrected chi connectivity index (χ0v) is 18.0. The Kier molecular flexibility index (Phi) is 5.12. The lowest BCUT2D eigenvalue weighted by molar-refractivity contribution is -0.137. The van der Waals surface area contributed by atoms with Crippen LogP contribution in [0.25, 0.3) is 27.6 Å². The largest absolute Gasteiger partial charge is 0.416 e. The molecular weight excluding hydrogens is 457 g/mol. The molecule has 11 heteroatoms. The molecule has 2 N–H and O–H groups in total. The summed E-state index contributed by atoms with van der Waals surface area (Å²) in [7, 11) is 1.71. The maximum atomic E-state index is 14.1. The molecule has 0 spiro atoms. The summed E-state index contributed by atoms with van der Waals surface area (Å²) < 4.78 is 70.5. The van der Waals surface area contributed by atoms with Crippen LogP contribution in [0.15, 0.2) is 48.7 Å². The number of amides is 1. The number of alkyl halides is 5. The standard InChI is InChI=1S/C23H20F5N5O/c1-32-11-17-16-10-13(21(34)30-19-8-9-29-12-22(19,24)25)2-7-18(16)33(20(17)31-32)15-5-3-14(4-6-15)23(26,27)28/h2-7,10-11,19,29H,8-9,12H2,1H3,(H,30,34). The maximum Gasteiger partial charge on any atom is 0.416 e. The molecule has 1 amide bonds. The van der Waals surface area contributed by atoms with Crippen molar-refractivity contribution in [1.82, 2.24) is 25.0 Å². The molecule has 6 nitrogen and oxygen atoms in total. The number of benzene rings is 2. The number of carbonyl (C=O) groups is 1. The van der Waals surface area contributed by atoms with Crippen molar-refractivity contribution in [1.29, 1.82) is 0 Å². The molecule has 2 aromatic heterocycles. The number of hydrogen-bond acceptors (Lipinski definition) is 3. The average Bonchev–Trinajstić information content (AvgIpc) is 3.29. The van der Waals surface area contributed by atoms with Crippen molar-refractivity contribution in [2.45, 2.75) is 24.6 Å². The van der Waals surface area contributed by atoms with Gasteiger partial charge in [-0.25, -0.2) is 8.78 Å². The second kappa shape index (κ2) is 7.79. The van der Waals surface area contributed by atoms with Crippen LogP contribution >= 0.6 is 0 Å². The summed E-state index contributed by atoms with van der Waals surface area (Å²) in [6.45, 7) is -0.116. The number of piperidine rings is 1. The summed E-state index contributed by atoms with van der Waals surface area (Å²) in [5, 5.41) is 10.8. The van der Waals surface area contributed by atoms with Crippen LogP contribution in [0.3, 0.4) is 0 Å². The molecule has 1 aliphatic heterocycles. The van der Waals surface area contributed by atoms with Crippen LogP contribution in [-0.2, 0) is 13.2 Å². The van der Waals surface area contributed by atoms with Gasteiger partial charge in [0.2, 0.25) is 0 Å².